The molecule has 0 bridgehead atoms. The van der Waals surface area contributed by atoms with Crippen molar-refractivity contribution in [3.63, 3.8) is 0 Å². The number of nitrogens with zero attached hydrogens (tertiary/aromatic N) is 2. The molecular weight excluding hydrogens is 534 g/mol. The minimum atomic E-state index is -5.15. The summed E-state index contributed by atoms with van der Waals surface area (Å²) in [5.41, 5.74) is -6.55. The Hall–Kier alpha value is -4.68. The molecule has 0 atom stereocenters. The molecule has 0 saturated heterocycles. The first kappa shape index (κ1) is 25.9. The molecule has 0 aliphatic heterocycles. The van der Waals surface area contributed by atoms with Crippen LogP contribution in [0.5, 0.6) is 11.5 Å². The number of halogens is 6. The molecule has 200 valence electrons. The lowest BCUT2D eigenvalue weighted by atomic mass is 10.0. The monoisotopic (exact) mass is 548 g/mol. The standard InChI is InChI=1S/C26H14F6N2O5/c1-11-7-18(25(27,28)29)20(19(8-11)26(30,31)32)39-13-5-3-12(4-6-13)34-23(37)16-9-14-15(10-17(16)24(34)38)22(36)33(2)21(14)35/h3-10H,1-2H3. The molecule has 0 saturated carbocycles. The molecule has 5 rings (SSSR count). The third-order valence-corrected chi connectivity index (χ3v) is 6.25. The maximum atomic E-state index is 13.6. The SMILES string of the molecule is Cc1cc(C(F)(F)F)c(Oc2ccc(-n3c(=O)c4cc5c(=O)n(C)c(=O)c5cc4c3=O)cc2)c(C(F)(F)F)c1. The summed E-state index contributed by atoms with van der Waals surface area (Å²) in [6.45, 7) is 1.09. The Labute approximate surface area is 212 Å². The van der Waals surface area contributed by atoms with Gasteiger partial charge in [-0.25, -0.2) is 4.57 Å². The van der Waals surface area contributed by atoms with Gasteiger partial charge in [-0.2, -0.15) is 26.3 Å². The number of aromatic nitrogens is 2. The van der Waals surface area contributed by atoms with E-state index in [1.165, 1.54) is 7.05 Å². The number of aryl methyl sites for hydroxylation is 1. The van der Waals surface area contributed by atoms with E-state index in [2.05, 4.69) is 0 Å². The predicted octanol–water partition coefficient (Wildman–Crippen LogP) is 4.58. The quantitative estimate of drug-likeness (QED) is 0.308. The third kappa shape index (κ3) is 4.10. The van der Waals surface area contributed by atoms with Crippen LogP contribution in [0.25, 0.3) is 27.2 Å². The first-order valence-corrected chi connectivity index (χ1v) is 11.1. The zero-order valence-corrected chi connectivity index (χ0v) is 19.8. The Morgan fingerprint density at radius 3 is 1.46 bits per heavy atom. The second-order valence-corrected chi connectivity index (χ2v) is 8.84. The zero-order chi connectivity index (χ0) is 28.6. The largest absolute Gasteiger partial charge is 0.456 e. The predicted molar refractivity (Wildman–Crippen MR) is 128 cm³/mol. The van der Waals surface area contributed by atoms with E-state index >= 15 is 0 Å². The van der Waals surface area contributed by atoms with E-state index in [9.17, 15) is 45.5 Å². The average molecular weight is 548 g/mol. The smallest absolute Gasteiger partial charge is 0.420 e. The van der Waals surface area contributed by atoms with Gasteiger partial charge in [-0.3, -0.25) is 23.7 Å². The fourth-order valence-corrected chi connectivity index (χ4v) is 4.41. The third-order valence-electron chi connectivity index (χ3n) is 6.25. The fraction of sp³-hybridized carbons (Fsp3) is 0.154. The molecule has 0 unspecified atom stereocenters. The second-order valence-electron chi connectivity index (χ2n) is 8.84. The van der Waals surface area contributed by atoms with E-state index in [0.717, 1.165) is 47.9 Å². The minimum Gasteiger partial charge on any atom is -0.456 e. The van der Waals surface area contributed by atoms with Crippen LogP contribution in [-0.4, -0.2) is 9.13 Å². The van der Waals surface area contributed by atoms with Crippen LogP contribution in [0.2, 0.25) is 0 Å². The minimum absolute atomic E-state index is 0.0490. The van der Waals surface area contributed by atoms with E-state index in [1.807, 2.05) is 0 Å². The highest BCUT2D eigenvalue weighted by Gasteiger charge is 2.42. The van der Waals surface area contributed by atoms with Crippen LogP contribution < -0.4 is 27.0 Å². The molecule has 0 spiro atoms. The van der Waals surface area contributed by atoms with Crippen LogP contribution in [0.15, 0.2) is 67.7 Å². The van der Waals surface area contributed by atoms with Gasteiger partial charge < -0.3 is 4.74 Å². The van der Waals surface area contributed by atoms with Crippen molar-refractivity contribution in [2.24, 2.45) is 7.05 Å². The lowest BCUT2D eigenvalue weighted by Crippen LogP contribution is -2.23. The maximum Gasteiger partial charge on any atom is 0.420 e. The first-order chi connectivity index (χ1) is 18.1. The summed E-state index contributed by atoms with van der Waals surface area (Å²) in [5.74, 6) is -1.86. The van der Waals surface area contributed by atoms with E-state index in [0.29, 0.717) is 16.7 Å². The van der Waals surface area contributed by atoms with Crippen molar-refractivity contribution in [2.45, 2.75) is 19.3 Å². The Balaban J connectivity index is 1.61. The molecule has 3 aromatic carbocycles. The fourth-order valence-electron chi connectivity index (χ4n) is 4.41. The summed E-state index contributed by atoms with van der Waals surface area (Å²) in [4.78, 5) is 50.5. The number of rotatable bonds is 3. The van der Waals surface area contributed by atoms with Gasteiger partial charge in [-0.1, -0.05) is 0 Å². The van der Waals surface area contributed by atoms with Crippen molar-refractivity contribution in [2.75, 3.05) is 0 Å². The number of hydrogen-bond acceptors (Lipinski definition) is 5. The summed E-state index contributed by atoms with van der Waals surface area (Å²) in [6, 6.07) is 7.54. The summed E-state index contributed by atoms with van der Waals surface area (Å²) in [7, 11) is 1.25. The van der Waals surface area contributed by atoms with Gasteiger partial charge in [0, 0.05) is 7.05 Å². The Kier molecular flexibility index (Phi) is 5.60. The maximum absolute atomic E-state index is 13.6. The van der Waals surface area contributed by atoms with E-state index in [-0.39, 0.29) is 32.8 Å². The van der Waals surface area contributed by atoms with Crippen molar-refractivity contribution in [1.82, 2.24) is 9.13 Å². The van der Waals surface area contributed by atoms with Crippen molar-refractivity contribution in [3.05, 3.63) is 107 Å². The Morgan fingerprint density at radius 2 is 1.05 bits per heavy atom. The highest BCUT2D eigenvalue weighted by Crippen LogP contribution is 2.46. The van der Waals surface area contributed by atoms with Gasteiger partial charge in [0.05, 0.1) is 38.4 Å². The summed E-state index contributed by atoms with van der Waals surface area (Å²) in [6.07, 6.45) is -10.3. The highest BCUT2D eigenvalue weighted by atomic mass is 19.4. The molecule has 5 aromatic rings. The molecular formula is C26H14F6N2O5. The summed E-state index contributed by atoms with van der Waals surface area (Å²) < 4.78 is 88.0. The van der Waals surface area contributed by atoms with Crippen LogP contribution in [-0.2, 0) is 19.4 Å². The van der Waals surface area contributed by atoms with Crippen LogP contribution in [0.4, 0.5) is 26.3 Å². The summed E-state index contributed by atoms with van der Waals surface area (Å²) in [5, 5.41) is -0.376. The lowest BCUT2D eigenvalue weighted by Gasteiger charge is -2.20. The molecule has 13 heteroatoms. The first-order valence-electron chi connectivity index (χ1n) is 11.1. The Morgan fingerprint density at radius 1 is 0.641 bits per heavy atom. The molecule has 0 aliphatic carbocycles. The van der Waals surface area contributed by atoms with E-state index in [4.69, 9.17) is 4.74 Å². The molecule has 39 heavy (non-hydrogen) atoms. The number of benzene rings is 3. The van der Waals surface area contributed by atoms with Crippen LogP contribution >= 0.6 is 0 Å². The summed E-state index contributed by atoms with van der Waals surface area (Å²) >= 11 is 0. The van der Waals surface area contributed by atoms with E-state index < -0.39 is 57.2 Å². The average Bonchev–Trinajstić information content (AvgIpc) is 3.22. The van der Waals surface area contributed by atoms with E-state index in [1.54, 1.807) is 0 Å². The van der Waals surface area contributed by atoms with Crippen molar-refractivity contribution in [3.8, 4) is 17.2 Å². The van der Waals surface area contributed by atoms with Crippen molar-refractivity contribution < 1.29 is 31.1 Å². The topological polar surface area (TPSA) is 87.4 Å². The van der Waals surface area contributed by atoms with Gasteiger partial charge in [0.1, 0.15) is 5.75 Å². The van der Waals surface area contributed by atoms with Crippen LogP contribution in [0.3, 0.4) is 0 Å². The molecule has 0 N–H and O–H groups in total. The van der Waals surface area contributed by atoms with Gasteiger partial charge >= 0.3 is 12.4 Å². The van der Waals surface area contributed by atoms with Gasteiger partial charge in [0.15, 0.2) is 5.75 Å². The van der Waals surface area contributed by atoms with Gasteiger partial charge in [-0.05, 0) is 61.0 Å². The van der Waals surface area contributed by atoms with Crippen LogP contribution in [0.1, 0.15) is 16.7 Å². The van der Waals surface area contributed by atoms with Gasteiger partial charge in [-0.15, -0.1) is 0 Å². The second kappa shape index (κ2) is 8.41. The van der Waals surface area contributed by atoms with Crippen molar-refractivity contribution >= 4 is 21.5 Å². The highest BCUT2D eigenvalue weighted by molar-refractivity contribution is 5.98. The number of ether oxygens (including phenoxy) is 1. The number of fused-ring (bicyclic) bond motifs is 2. The van der Waals surface area contributed by atoms with Gasteiger partial charge in [0.25, 0.3) is 22.2 Å². The zero-order valence-electron chi connectivity index (χ0n) is 19.8. The molecule has 0 radical (unpaired) electrons. The Bertz CT molecular complexity index is 1890. The van der Waals surface area contributed by atoms with Crippen molar-refractivity contribution in [1.29, 1.82) is 0 Å². The molecule has 7 nitrogen and oxygen atoms in total. The molecule has 0 fully saturated rings. The lowest BCUT2D eigenvalue weighted by molar-refractivity contribution is -0.145. The molecule has 0 amide bonds. The molecule has 2 heterocycles. The normalized spacial score (nSPS) is 12.5. The van der Waals surface area contributed by atoms with Gasteiger partial charge in [0.2, 0.25) is 0 Å². The molecule has 0 aliphatic rings. The molecule has 2 aromatic heterocycles. The number of alkyl halides is 6. The number of hydrogen-bond donors (Lipinski definition) is 0. The van der Waals surface area contributed by atoms with Crippen LogP contribution in [0, 0.1) is 6.92 Å².